The second-order valence-corrected chi connectivity index (χ2v) is 18.6. The van der Waals surface area contributed by atoms with Crippen LogP contribution in [0.1, 0.15) is 141 Å². The van der Waals surface area contributed by atoms with Crippen molar-refractivity contribution in [2.45, 2.75) is 164 Å². The van der Waals surface area contributed by atoms with Gasteiger partial charge in [0.05, 0.1) is 34.4 Å². The quantitative estimate of drug-likeness (QED) is 0.177. The summed E-state index contributed by atoms with van der Waals surface area (Å²) in [5.41, 5.74) is 0. The first-order valence-electron chi connectivity index (χ1n) is 20.4. The van der Waals surface area contributed by atoms with E-state index in [-0.39, 0.29) is 34.7 Å². The third kappa shape index (κ3) is 9.15. The number of amides is 2. The van der Waals surface area contributed by atoms with Gasteiger partial charge in [-0.05, 0) is 113 Å². The third-order valence-corrected chi connectivity index (χ3v) is 15.6. The van der Waals surface area contributed by atoms with Gasteiger partial charge in [0.15, 0.2) is 0 Å². The molecule has 6 aliphatic carbocycles. The van der Waals surface area contributed by atoms with E-state index in [9.17, 15) is 29.4 Å². The monoisotopic (exact) mass is 736 g/mol. The van der Waals surface area contributed by atoms with Crippen LogP contribution < -0.4 is 10.6 Å². The number of carboxylic acids is 2. The summed E-state index contributed by atoms with van der Waals surface area (Å²) >= 11 is 14.0. The Morgan fingerprint density at radius 1 is 0.400 bits per heavy atom. The zero-order valence-corrected chi connectivity index (χ0v) is 31.4. The summed E-state index contributed by atoms with van der Waals surface area (Å²) in [6.45, 7) is 0. The molecule has 0 aliphatic heterocycles. The van der Waals surface area contributed by atoms with Crippen molar-refractivity contribution in [1.29, 1.82) is 0 Å². The van der Waals surface area contributed by atoms with Gasteiger partial charge in [-0.15, -0.1) is 23.2 Å². The maximum absolute atomic E-state index is 13.7. The Balaban J connectivity index is 0.981. The van der Waals surface area contributed by atoms with Crippen LogP contribution in [-0.2, 0) is 19.2 Å². The fourth-order valence-corrected chi connectivity index (χ4v) is 12.5. The molecule has 6 saturated carbocycles. The predicted molar refractivity (Wildman–Crippen MR) is 195 cm³/mol. The summed E-state index contributed by atoms with van der Waals surface area (Å²) in [4.78, 5) is 51.6. The van der Waals surface area contributed by atoms with E-state index < -0.39 is 35.6 Å². The van der Waals surface area contributed by atoms with Crippen molar-refractivity contribution < 1.29 is 29.4 Å². The van der Waals surface area contributed by atoms with Crippen LogP contribution in [0.5, 0.6) is 0 Å². The van der Waals surface area contributed by atoms with Crippen molar-refractivity contribution in [2.75, 3.05) is 0 Å². The number of carbonyl (C=O) groups excluding carboxylic acids is 2. The molecule has 0 aromatic carbocycles. The van der Waals surface area contributed by atoms with Gasteiger partial charge in [0, 0.05) is 12.1 Å². The van der Waals surface area contributed by atoms with E-state index in [0.29, 0.717) is 61.2 Å². The molecule has 4 N–H and O–H groups in total. The number of rotatable bonds is 9. The van der Waals surface area contributed by atoms with Gasteiger partial charge in [0.1, 0.15) is 0 Å². The van der Waals surface area contributed by atoms with Crippen molar-refractivity contribution in [1.82, 2.24) is 10.6 Å². The minimum Gasteiger partial charge on any atom is -0.481 e. The van der Waals surface area contributed by atoms with Crippen LogP contribution in [0.15, 0.2) is 0 Å². The molecule has 12 unspecified atom stereocenters. The molecule has 0 saturated heterocycles. The smallest absolute Gasteiger partial charge is 0.307 e. The Kier molecular flexibility index (Phi) is 13.4. The first-order chi connectivity index (χ1) is 24.1. The normalized spacial score (nSPS) is 40.8. The molecule has 0 radical (unpaired) electrons. The van der Waals surface area contributed by atoms with Crippen LogP contribution >= 0.6 is 23.2 Å². The van der Waals surface area contributed by atoms with Gasteiger partial charge in [-0.3, -0.25) is 19.2 Å². The Labute approximate surface area is 309 Å². The molecule has 282 valence electrons. The largest absolute Gasteiger partial charge is 0.481 e. The lowest BCUT2D eigenvalue weighted by atomic mass is 9.66. The summed E-state index contributed by atoms with van der Waals surface area (Å²) in [6, 6.07) is -0.329. The highest BCUT2D eigenvalue weighted by Gasteiger charge is 2.46. The Bertz CT molecular complexity index is 1100. The fourth-order valence-electron chi connectivity index (χ4n) is 11.7. The van der Waals surface area contributed by atoms with Crippen molar-refractivity contribution >= 4 is 47.0 Å². The molecule has 6 aliphatic rings. The maximum Gasteiger partial charge on any atom is 0.307 e. The number of aliphatic carboxylic acids is 2. The maximum atomic E-state index is 13.7. The predicted octanol–water partition coefficient (Wildman–Crippen LogP) is 8.17. The van der Waals surface area contributed by atoms with E-state index in [1.807, 2.05) is 0 Å². The second-order valence-electron chi connectivity index (χ2n) is 17.5. The first kappa shape index (κ1) is 38.2. The lowest BCUT2D eigenvalue weighted by Crippen LogP contribution is -2.52. The van der Waals surface area contributed by atoms with Crippen molar-refractivity contribution in [2.24, 2.45) is 59.2 Å². The summed E-state index contributed by atoms with van der Waals surface area (Å²) in [5, 5.41) is 26.0. The number of nitrogens with one attached hydrogen (secondary N) is 2. The molecule has 0 aromatic heterocycles. The molecule has 12 atom stereocenters. The highest BCUT2D eigenvalue weighted by molar-refractivity contribution is 6.21. The summed E-state index contributed by atoms with van der Waals surface area (Å²) in [7, 11) is 0. The highest BCUT2D eigenvalue weighted by Crippen LogP contribution is 2.46. The first-order valence-corrected chi connectivity index (χ1v) is 21.3. The van der Waals surface area contributed by atoms with Gasteiger partial charge in [0.2, 0.25) is 11.8 Å². The highest BCUT2D eigenvalue weighted by atomic mass is 35.5. The molecule has 6 fully saturated rings. The molecule has 8 nitrogen and oxygen atoms in total. The Morgan fingerprint density at radius 2 is 0.740 bits per heavy atom. The standard InChI is InChI=1S/C40H62Cl2N2O6/c41-33-21-27(13-17-35(33)43-37(45)31-19-25(11-15-29(31)39(47)48)23-7-3-1-4-8-23)28-14-18-36(34(42)22-28)44-38(46)32-20-26(12-16-30(32)40(49)50)24-9-5-2-6-10-24/h23-36H,1-22H2,(H,43,45)(H,44,46)(H,47,48)(H,49,50). The van der Waals surface area contributed by atoms with Crippen molar-refractivity contribution in [3.8, 4) is 0 Å². The van der Waals surface area contributed by atoms with Crippen LogP contribution in [-0.4, -0.2) is 56.8 Å². The van der Waals surface area contributed by atoms with Crippen LogP contribution in [0.4, 0.5) is 0 Å². The fraction of sp³-hybridized carbons (Fsp3) is 0.900. The van der Waals surface area contributed by atoms with Gasteiger partial charge < -0.3 is 20.8 Å². The number of carbonyl (C=O) groups is 4. The molecular weight excluding hydrogens is 675 g/mol. The van der Waals surface area contributed by atoms with E-state index in [0.717, 1.165) is 51.4 Å². The average Bonchev–Trinajstić information content (AvgIpc) is 3.13. The molecule has 50 heavy (non-hydrogen) atoms. The Hall–Kier alpha value is -1.54. The third-order valence-electron chi connectivity index (χ3n) is 14.7. The number of carboxylic acid groups (broad SMARTS) is 2. The zero-order chi connectivity index (χ0) is 35.4. The molecule has 0 heterocycles. The number of hydrogen-bond acceptors (Lipinski definition) is 4. The molecule has 2 amide bonds. The SMILES string of the molecule is O=C(O)C1CCC(C2CCCCC2)CC1C(=O)NC1CCC(C2CCC(NC(=O)C3CC(C4CCCCC4)CCC3C(=O)O)C(Cl)C2)CC1Cl. The van der Waals surface area contributed by atoms with Crippen molar-refractivity contribution in [3.05, 3.63) is 0 Å². The molecule has 0 spiro atoms. The number of alkyl halides is 2. The number of hydrogen-bond donors (Lipinski definition) is 4. The van der Waals surface area contributed by atoms with Crippen LogP contribution in [0.25, 0.3) is 0 Å². The Morgan fingerprint density at radius 3 is 1.08 bits per heavy atom. The van der Waals surface area contributed by atoms with Gasteiger partial charge in [-0.1, -0.05) is 64.2 Å². The lowest BCUT2D eigenvalue weighted by molar-refractivity contribution is -0.150. The molecule has 10 heteroatoms. The molecule has 6 rings (SSSR count). The van der Waals surface area contributed by atoms with Crippen LogP contribution in [0.2, 0.25) is 0 Å². The van der Waals surface area contributed by atoms with Gasteiger partial charge in [0.25, 0.3) is 0 Å². The molecular formula is C40H62Cl2N2O6. The van der Waals surface area contributed by atoms with E-state index in [2.05, 4.69) is 10.6 Å². The van der Waals surface area contributed by atoms with Crippen LogP contribution in [0, 0.1) is 59.2 Å². The van der Waals surface area contributed by atoms with Gasteiger partial charge in [-0.2, -0.15) is 0 Å². The van der Waals surface area contributed by atoms with Crippen molar-refractivity contribution in [3.63, 3.8) is 0 Å². The van der Waals surface area contributed by atoms with E-state index in [1.165, 1.54) is 64.2 Å². The lowest BCUT2D eigenvalue weighted by Gasteiger charge is -2.43. The minimum absolute atomic E-state index is 0.128. The average molecular weight is 738 g/mol. The summed E-state index contributed by atoms with van der Waals surface area (Å²) in [6.07, 6.45) is 21.6. The van der Waals surface area contributed by atoms with E-state index in [1.54, 1.807) is 0 Å². The summed E-state index contributed by atoms with van der Waals surface area (Å²) in [5.74, 6) is -1.32. The molecule has 0 bridgehead atoms. The summed E-state index contributed by atoms with van der Waals surface area (Å²) < 4.78 is 0. The van der Waals surface area contributed by atoms with Crippen LogP contribution in [0.3, 0.4) is 0 Å². The van der Waals surface area contributed by atoms with Gasteiger partial charge in [-0.25, -0.2) is 0 Å². The van der Waals surface area contributed by atoms with E-state index >= 15 is 0 Å². The number of halogens is 2. The topological polar surface area (TPSA) is 133 Å². The zero-order valence-electron chi connectivity index (χ0n) is 29.9. The minimum atomic E-state index is -0.857. The van der Waals surface area contributed by atoms with Gasteiger partial charge >= 0.3 is 11.9 Å². The van der Waals surface area contributed by atoms with E-state index in [4.69, 9.17) is 23.2 Å². The molecule has 0 aromatic rings. The second kappa shape index (κ2) is 17.5.